The van der Waals surface area contributed by atoms with E-state index in [9.17, 15) is 18.4 Å². The fourth-order valence-electron chi connectivity index (χ4n) is 4.49. The summed E-state index contributed by atoms with van der Waals surface area (Å²) in [6.45, 7) is 15.1. The Bertz CT molecular complexity index is 1070. The van der Waals surface area contributed by atoms with Crippen LogP contribution in [0.25, 0.3) is 0 Å². The molecule has 5 nitrogen and oxygen atoms in total. The molecule has 9 heteroatoms. The van der Waals surface area contributed by atoms with Crippen LogP contribution in [-0.4, -0.2) is 32.5 Å². The third kappa shape index (κ3) is 14.5. The highest BCUT2D eigenvalue weighted by Crippen LogP contribution is 2.41. The number of amides is 2. The molecule has 2 aromatic carbocycles. The molecule has 2 atom stereocenters. The molecule has 2 aromatic rings. The van der Waals surface area contributed by atoms with Crippen molar-refractivity contribution in [3.05, 3.63) is 63.1 Å². The van der Waals surface area contributed by atoms with Crippen LogP contribution in [0.4, 0.5) is 14.5 Å². The highest BCUT2D eigenvalue weighted by molar-refractivity contribution is 6.31. The van der Waals surface area contributed by atoms with Crippen molar-refractivity contribution < 1.29 is 18.4 Å². The number of hydrogen-bond acceptors (Lipinski definition) is 3. The largest absolute Gasteiger partial charge is 0.359 e. The number of rotatable bonds is 7. The second kappa shape index (κ2) is 19.1. The van der Waals surface area contributed by atoms with Gasteiger partial charge in [0.25, 0.3) is 0 Å². The number of hydrogen-bond donors (Lipinski definition) is 3. The summed E-state index contributed by atoms with van der Waals surface area (Å²) in [6.07, 6.45) is 8.20. The molecule has 2 fully saturated rings. The molecule has 3 N–H and O–H groups in total. The van der Waals surface area contributed by atoms with Gasteiger partial charge in [-0.2, -0.15) is 0 Å². The predicted molar refractivity (Wildman–Crippen MR) is 168 cm³/mol. The van der Waals surface area contributed by atoms with E-state index in [-0.39, 0.29) is 21.9 Å². The van der Waals surface area contributed by atoms with Crippen LogP contribution in [0, 0.1) is 23.0 Å². The van der Waals surface area contributed by atoms with Crippen LogP contribution >= 0.6 is 23.2 Å². The Morgan fingerprint density at radius 3 is 1.98 bits per heavy atom. The molecule has 0 unspecified atom stereocenters. The van der Waals surface area contributed by atoms with Gasteiger partial charge in [-0.1, -0.05) is 96.5 Å². The molecule has 1 saturated heterocycles. The van der Waals surface area contributed by atoms with E-state index in [1.165, 1.54) is 43.9 Å². The number of carbonyl (C=O) groups is 2. The highest BCUT2D eigenvalue weighted by Gasteiger charge is 2.32. The van der Waals surface area contributed by atoms with Gasteiger partial charge in [0, 0.05) is 37.2 Å². The van der Waals surface area contributed by atoms with E-state index in [4.69, 9.17) is 23.2 Å². The van der Waals surface area contributed by atoms with E-state index >= 15 is 0 Å². The zero-order valence-corrected chi connectivity index (χ0v) is 26.8. The number of halogens is 4. The zero-order valence-electron chi connectivity index (χ0n) is 25.3. The Morgan fingerprint density at radius 2 is 1.51 bits per heavy atom. The lowest BCUT2D eigenvalue weighted by Gasteiger charge is -2.22. The van der Waals surface area contributed by atoms with E-state index in [2.05, 4.69) is 50.6 Å². The third-order valence-corrected chi connectivity index (χ3v) is 6.99. The summed E-state index contributed by atoms with van der Waals surface area (Å²) in [4.78, 5) is 20.3. The van der Waals surface area contributed by atoms with Crippen molar-refractivity contribution in [2.45, 2.75) is 85.5 Å². The van der Waals surface area contributed by atoms with Crippen molar-refractivity contribution >= 4 is 41.7 Å². The second-order valence-electron chi connectivity index (χ2n) is 12.1. The number of benzene rings is 2. The van der Waals surface area contributed by atoms with Crippen LogP contribution in [0.5, 0.6) is 0 Å². The molecule has 1 aliphatic heterocycles. The summed E-state index contributed by atoms with van der Waals surface area (Å²) in [6, 6.07) is 7.31. The molecule has 230 valence electrons. The number of carbonyl (C=O) groups excluding carboxylic acids is 2. The normalized spacial score (nSPS) is 18.1. The van der Waals surface area contributed by atoms with Gasteiger partial charge >= 0.3 is 0 Å². The Kier molecular flexibility index (Phi) is 17.1. The number of anilines is 1. The van der Waals surface area contributed by atoms with Gasteiger partial charge in [0.1, 0.15) is 11.6 Å². The van der Waals surface area contributed by atoms with E-state index < -0.39 is 11.6 Å². The molecule has 41 heavy (non-hydrogen) atoms. The molecule has 4 rings (SSSR count). The Balaban J connectivity index is 0.000000401. The average molecular weight is 615 g/mol. The van der Waals surface area contributed by atoms with Gasteiger partial charge in [-0.15, -0.1) is 0 Å². The van der Waals surface area contributed by atoms with E-state index in [0.29, 0.717) is 42.6 Å². The zero-order chi connectivity index (χ0) is 31.0. The average Bonchev–Trinajstić information content (AvgIpc) is 3.58. The van der Waals surface area contributed by atoms with E-state index in [1.54, 1.807) is 12.1 Å². The minimum atomic E-state index is -0.550. The van der Waals surface area contributed by atoms with Crippen molar-refractivity contribution in [2.24, 2.45) is 11.3 Å². The lowest BCUT2D eigenvalue weighted by molar-refractivity contribution is -0.109. The molecule has 0 spiro atoms. The summed E-state index contributed by atoms with van der Waals surface area (Å²) >= 11 is 11.7. The van der Waals surface area contributed by atoms with Crippen LogP contribution in [0.2, 0.25) is 10.0 Å². The Morgan fingerprint density at radius 1 is 0.927 bits per heavy atom. The van der Waals surface area contributed by atoms with E-state index in [1.807, 2.05) is 6.92 Å². The first kappa shape index (κ1) is 36.8. The van der Waals surface area contributed by atoms with Crippen LogP contribution in [0.1, 0.15) is 96.6 Å². The molecule has 1 heterocycles. The predicted octanol–water partition coefficient (Wildman–Crippen LogP) is 8.70. The standard InChI is InChI=1S/C17H14Cl2F2N2O.C6H12.C5H12.C4H9NO/c18-13-3-9(1-2-15(13)20)11-6-22-7-12(11)10-4-16(21)14(19)5-17(10)23-8-24;1-6-4-2-3-5-6;1-5(2,3)4;1-2-3-5-4-6/h1-5,8,11-12,22H,6-7H2,(H,23,24);6H,2-5H2,1H3;1-4H3;4H,2-3H2,1H3,(H,5,6)/t11-,12+;;;/m1.../s1. The van der Waals surface area contributed by atoms with Gasteiger partial charge in [0.15, 0.2) is 0 Å². The summed E-state index contributed by atoms with van der Waals surface area (Å²) in [5.74, 6) is -0.128. The first-order valence-corrected chi connectivity index (χ1v) is 15.1. The third-order valence-electron chi connectivity index (χ3n) is 6.41. The Hall–Kier alpha value is -2.22. The molecule has 2 amide bonds. The molecule has 1 aliphatic carbocycles. The van der Waals surface area contributed by atoms with Gasteiger partial charge in [-0.3, -0.25) is 9.59 Å². The van der Waals surface area contributed by atoms with E-state index in [0.717, 1.165) is 24.4 Å². The molecule has 2 aliphatic rings. The topological polar surface area (TPSA) is 70.2 Å². The maximum absolute atomic E-state index is 14.0. The molecular formula is C32H47Cl2F2N3O2. The highest BCUT2D eigenvalue weighted by atomic mass is 35.5. The number of nitrogens with one attached hydrogen (secondary N) is 3. The van der Waals surface area contributed by atoms with Crippen molar-refractivity contribution in [3.8, 4) is 0 Å². The quantitative estimate of drug-likeness (QED) is 0.216. The SMILES string of the molecule is CC(C)(C)C.CC1CCCC1.CCCNC=O.O=CNc1cc(Cl)c(F)cc1[C@@H]1CNC[C@@H]1c1ccc(F)c(Cl)c1. The van der Waals surface area contributed by atoms with Crippen LogP contribution in [0.15, 0.2) is 30.3 Å². The monoisotopic (exact) mass is 613 g/mol. The molecule has 1 saturated carbocycles. The Labute approximate surface area is 255 Å². The van der Waals surface area contributed by atoms with Gasteiger partial charge < -0.3 is 16.0 Å². The van der Waals surface area contributed by atoms with Crippen LogP contribution < -0.4 is 16.0 Å². The smallest absolute Gasteiger partial charge is 0.211 e. The van der Waals surface area contributed by atoms with Crippen LogP contribution in [-0.2, 0) is 9.59 Å². The van der Waals surface area contributed by atoms with Gasteiger partial charge in [-0.25, -0.2) is 8.78 Å². The lowest BCUT2D eigenvalue weighted by Crippen LogP contribution is -2.12. The van der Waals surface area contributed by atoms with Crippen molar-refractivity contribution in [2.75, 3.05) is 25.0 Å². The second-order valence-corrected chi connectivity index (χ2v) is 12.9. The van der Waals surface area contributed by atoms with Gasteiger partial charge in [-0.05, 0) is 53.1 Å². The van der Waals surface area contributed by atoms with Crippen LogP contribution in [0.3, 0.4) is 0 Å². The first-order chi connectivity index (χ1) is 19.3. The first-order valence-electron chi connectivity index (χ1n) is 14.3. The van der Waals surface area contributed by atoms with Crippen molar-refractivity contribution in [1.82, 2.24) is 10.6 Å². The van der Waals surface area contributed by atoms with Crippen molar-refractivity contribution in [1.29, 1.82) is 0 Å². The molecular weight excluding hydrogens is 567 g/mol. The van der Waals surface area contributed by atoms with Gasteiger partial charge in [0.2, 0.25) is 12.8 Å². The summed E-state index contributed by atoms with van der Waals surface area (Å²) < 4.78 is 27.4. The summed E-state index contributed by atoms with van der Waals surface area (Å²) in [5.41, 5.74) is 2.45. The molecule has 0 bridgehead atoms. The van der Waals surface area contributed by atoms with Gasteiger partial charge in [0.05, 0.1) is 10.0 Å². The van der Waals surface area contributed by atoms with Crippen molar-refractivity contribution in [3.63, 3.8) is 0 Å². The summed E-state index contributed by atoms with van der Waals surface area (Å²) in [7, 11) is 0. The fraction of sp³-hybridized carbons (Fsp3) is 0.562. The minimum Gasteiger partial charge on any atom is -0.359 e. The lowest BCUT2D eigenvalue weighted by atomic mass is 9.83. The molecule has 0 radical (unpaired) electrons. The maximum atomic E-state index is 14.0. The summed E-state index contributed by atoms with van der Waals surface area (Å²) in [5, 5.41) is 8.32. The fourth-order valence-corrected chi connectivity index (χ4v) is 4.84. The minimum absolute atomic E-state index is 0.0316. The molecule has 0 aromatic heterocycles. The maximum Gasteiger partial charge on any atom is 0.211 e.